The number of halogens is 1. The SMILES string of the molecule is ClCc1csc(CCCCn2ccnc2)n1. The fourth-order valence-electron chi connectivity index (χ4n) is 1.51. The molecule has 5 heteroatoms. The Balaban J connectivity index is 1.68. The standard InChI is InChI=1S/C11H14ClN3S/c12-7-10-8-16-11(14-10)3-1-2-5-15-6-4-13-9-15/h4,6,8-9H,1-3,5,7H2. The van der Waals surface area contributed by atoms with Crippen LogP contribution in [0, 0.1) is 0 Å². The van der Waals surface area contributed by atoms with E-state index in [2.05, 4.69) is 14.5 Å². The van der Waals surface area contributed by atoms with Crippen LogP contribution in [0.1, 0.15) is 23.5 Å². The van der Waals surface area contributed by atoms with Crippen molar-refractivity contribution in [2.45, 2.75) is 31.7 Å². The number of rotatable bonds is 6. The molecule has 0 saturated carbocycles. The molecule has 0 saturated heterocycles. The number of aromatic nitrogens is 3. The van der Waals surface area contributed by atoms with Crippen LogP contribution in [-0.2, 0) is 18.8 Å². The third-order valence-electron chi connectivity index (χ3n) is 2.35. The van der Waals surface area contributed by atoms with Crippen LogP contribution < -0.4 is 0 Å². The van der Waals surface area contributed by atoms with E-state index >= 15 is 0 Å². The number of hydrogen-bond acceptors (Lipinski definition) is 3. The van der Waals surface area contributed by atoms with Crippen molar-refractivity contribution in [3.63, 3.8) is 0 Å². The number of aryl methyl sites for hydroxylation is 2. The second-order valence-electron chi connectivity index (χ2n) is 3.62. The normalized spacial score (nSPS) is 10.8. The fraction of sp³-hybridized carbons (Fsp3) is 0.455. The monoisotopic (exact) mass is 255 g/mol. The molecule has 0 aliphatic rings. The lowest BCUT2D eigenvalue weighted by molar-refractivity contribution is 0.608. The Morgan fingerprint density at radius 2 is 2.31 bits per heavy atom. The van der Waals surface area contributed by atoms with E-state index in [4.69, 9.17) is 11.6 Å². The Labute approximate surface area is 104 Å². The molecule has 0 aromatic carbocycles. The Morgan fingerprint density at radius 3 is 3.00 bits per heavy atom. The van der Waals surface area contributed by atoms with Crippen LogP contribution in [-0.4, -0.2) is 14.5 Å². The maximum Gasteiger partial charge on any atom is 0.0945 e. The summed E-state index contributed by atoms with van der Waals surface area (Å²) in [5.41, 5.74) is 0.997. The predicted octanol–water partition coefficient (Wildman–Crippen LogP) is 3.10. The molecular formula is C11H14ClN3S. The highest BCUT2D eigenvalue weighted by Crippen LogP contribution is 2.14. The topological polar surface area (TPSA) is 30.7 Å². The van der Waals surface area contributed by atoms with Gasteiger partial charge in [0, 0.05) is 24.3 Å². The number of hydrogen-bond donors (Lipinski definition) is 0. The van der Waals surface area contributed by atoms with Crippen LogP contribution in [0.3, 0.4) is 0 Å². The molecule has 0 atom stereocenters. The van der Waals surface area contributed by atoms with Gasteiger partial charge in [0.25, 0.3) is 0 Å². The molecule has 0 amide bonds. The molecule has 0 bridgehead atoms. The number of nitrogens with zero attached hydrogens (tertiary/aromatic N) is 3. The maximum absolute atomic E-state index is 5.70. The summed E-state index contributed by atoms with van der Waals surface area (Å²) in [6.45, 7) is 1.04. The zero-order valence-corrected chi connectivity index (χ0v) is 10.5. The summed E-state index contributed by atoms with van der Waals surface area (Å²) in [7, 11) is 0. The first-order valence-corrected chi connectivity index (χ1v) is 6.75. The Morgan fingerprint density at radius 1 is 1.38 bits per heavy atom. The summed E-state index contributed by atoms with van der Waals surface area (Å²) >= 11 is 7.41. The van der Waals surface area contributed by atoms with E-state index in [1.807, 2.05) is 24.1 Å². The molecular weight excluding hydrogens is 242 g/mol. The smallest absolute Gasteiger partial charge is 0.0945 e. The second-order valence-corrected chi connectivity index (χ2v) is 4.83. The van der Waals surface area contributed by atoms with E-state index in [-0.39, 0.29) is 0 Å². The van der Waals surface area contributed by atoms with Crippen molar-refractivity contribution < 1.29 is 0 Å². The first kappa shape index (κ1) is 11.6. The maximum atomic E-state index is 5.70. The number of thiazole rings is 1. The van der Waals surface area contributed by atoms with Crippen molar-refractivity contribution in [3.05, 3.63) is 34.8 Å². The summed E-state index contributed by atoms with van der Waals surface area (Å²) in [6.07, 6.45) is 9.04. The molecule has 0 unspecified atom stereocenters. The van der Waals surface area contributed by atoms with Crippen molar-refractivity contribution >= 4 is 22.9 Å². The first-order chi connectivity index (χ1) is 7.88. The van der Waals surface area contributed by atoms with Gasteiger partial charge in [0.2, 0.25) is 0 Å². The van der Waals surface area contributed by atoms with E-state index in [0.29, 0.717) is 5.88 Å². The molecule has 0 aliphatic carbocycles. The van der Waals surface area contributed by atoms with Gasteiger partial charge in [0.15, 0.2) is 0 Å². The molecule has 86 valence electrons. The lowest BCUT2D eigenvalue weighted by Gasteiger charge is -2.00. The molecule has 0 aliphatic heterocycles. The van der Waals surface area contributed by atoms with Crippen LogP contribution in [0.4, 0.5) is 0 Å². The highest BCUT2D eigenvalue weighted by atomic mass is 35.5. The lowest BCUT2D eigenvalue weighted by atomic mass is 10.2. The molecule has 0 radical (unpaired) electrons. The van der Waals surface area contributed by atoms with Crippen LogP contribution in [0.2, 0.25) is 0 Å². The van der Waals surface area contributed by atoms with E-state index in [1.165, 1.54) is 5.01 Å². The molecule has 2 aromatic rings. The molecule has 2 rings (SSSR count). The molecule has 0 fully saturated rings. The van der Waals surface area contributed by atoms with Gasteiger partial charge < -0.3 is 4.57 Å². The van der Waals surface area contributed by atoms with Gasteiger partial charge in [0.1, 0.15) is 0 Å². The molecule has 0 spiro atoms. The Bertz CT molecular complexity index is 411. The third kappa shape index (κ3) is 3.32. The minimum Gasteiger partial charge on any atom is -0.337 e. The minimum absolute atomic E-state index is 0.519. The molecule has 0 N–H and O–H groups in total. The highest BCUT2D eigenvalue weighted by molar-refractivity contribution is 7.09. The quantitative estimate of drug-likeness (QED) is 0.587. The van der Waals surface area contributed by atoms with Gasteiger partial charge in [-0.05, 0) is 19.3 Å². The van der Waals surface area contributed by atoms with Gasteiger partial charge in [-0.3, -0.25) is 0 Å². The van der Waals surface area contributed by atoms with E-state index in [1.54, 1.807) is 11.3 Å². The average Bonchev–Trinajstić information content (AvgIpc) is 2.95. The molecule has 3 nitrogen and oxygen atoms in total. The molecule has 16 heavy (non-hydrogen) atoms. The van der Waals surface area contributed by atoms with E-state index < -0.39 is 0 Å². The van der Waals surface area contributed by atoms with Gasteiger partial charge in [-0.25, -0.2) is 9.97 Å². The average molecular weight is 256 g/mol. The van der Waals surface area contributed by atoms with Crippen LogP contribution in [0.5, 0.6) is 0 Å². The molecule has 2 heterocycles. The lowest BCUT2D eigenvalue weighted by Crippen LogP contribution is -1.95. The summed E-state index contributed by atoms with van der Waals surface area (Å²) in [4.78, 5) is 8.44. The van der Waals surface area contributed by atoms with Crippen LogP contribution in [0.25, 0.3) is 0 Å². The number of imidazole rings is 1. The largest absolute Gasteiger partial charge is 0.337 e. The zero-order chi connectivity index (χ0) is 11.2. The first-order valence-electron chi connectivity index (χ1n) is 5.33. The number of unbranched alkanes of at least 4 members (excludes halogenated alkanes) is 1. The zero-order valence-electron chi connectivity index (χ0n) is 8.97. The van der Waals surface area contributed by atoms with Crippen LogP contribution in [0.15, 0.2) is 24.1 Å². The van der Waals surface area contributed by atoms with Crippen molar-refractivity contribution in [3.8, 4) is 0 Å². The fourth-order valence-corrected chi connectivity index (χ4v) is 2.58. The van der Waals surface area contributed by atoms with Crippen molar-refractivity contribution in [1.82, 2.24) is 14.5 Å². The van der Waals surface area contributed by atoms with Crippen LogP contribution >= 0.6 is 22.9 Å². The Kier molecular flexibility index (Phi) is 4.36. The van der Waals surface area contributed by atoms with Gasteiger partial charge >= 0.3 is 0 Å². The van der Waals surface area contributed by atoms with Gasteiger partial charge in [0.05, 0.1) is 22.9 Å². The predicted molar refractivity (Wildman–Crippen MR) is 66.8 cm³/mol. The second kappa shape index (κ2) is 6.01. The summed E-state index contributed by atoms with van der Waals surface area (Å²) in [6, 6.07) is 0. The third-order valence-corrected chi connectivity index (χ3v) is 3.58. The van der Waals surface area contributed by atoms with Crippen molar-refractivity contribution in [1.29, 1.82) is 0 Å². The van der Waals surface area contributed by atoms with Gasteiger partial charge in [-0.1, -0.05) is 0 Å². The van der Waals surface area contributed by atoms with Gasteiger partial charge in [-0.15, -0.1) is 22.9 Å². The number of alkyl halides is 1. The summed E-state index contributed by atoms with van der Waals surface area (Å²) in [5.74, 6) is 0.519. The van der Waals surface area contributed by atoms with Crippen molar-refractivity contribution in [2.75, 3.05) is 0 Å². The highest BCUT2D eigenvalue weighted by Gasteiger charge is 2.00. The molecule has 2 aromatic heterocycles. The summed E-state index contributed by atoms with van der Waals surface area (Å²) in [5, 5.41) is 3.24. The summed E-state index contributed by atoms with van der Waals surface area (Å²) < 4.78 is 2.10. The van der Waals surface area contributed by atoms with Crippen molar-refractivity contribution in [2.24, 2.45) is 0 Å². The Hall–Kier alpha value is -0.870. The van der Waals surface area contributed by atoms with Gasteiger partial charge in [-0.2, -0.15) is 0 Å². The van der Waals surface area contributed by atoms with E-state index in [0.717, 1.165) is 31.5 Å². The van der Waals surface area contributed by atoms with E-state index in [9.17, 15) is 0 Å². The minimum atomic E-state index is 0.519.